The third-order valence-electron chi connectivity index (χ3n) is 5.01. The second-order valence-electron chi connectivity index (χ2n) is 6.13. The van der Waals surface area contributed by atoms with Crippen molar-refractivity contribution in [1.82, 2.24) is 5.01 Å². The van der Waals surface area contributed by atoms with E-state index in [1.54, 1.807) is 18.2 Å². The van der Waals surface area contributed by atoms with Crippen LogP contribution in [0.1, 0.15) is 12.0 Å². The summed E-state index contributed by atoms with van der Waals surface area (Å²) in [7, 11) is 1.45. The van der Waals surface area contributed by atoms with Gasteiger partial charge in [0.2, 0.25) is 0 Å². The number of methoxy groups -OCH3 is 1. The average molecular weight is 312 g/mol. The number of ether oxygens (including phenoxy) is 1. The zero-order valence-electron chi connectivity index (χ0n) is 12.5. The van der Waals surface area contributed by atoms with Gasteiger partial charge in [0.1, 0.15) is 0 Å². The number of hydrazone groups is 1. The lowest BCUT2D eigenvalue weighted by Crippen LogP contribution is -2.28. The Bertz CT molecular complexity index is 725. The van der Waals surface area contributed by atoms with Gasteiger partial charge in [-0.05, 0) is 30.4 Å². The van der Waals surface area contributed by atoms with Crippen molar-refractivity contribution in [3.63, 3.8) is 0 Å². The largest absolute Gasteiger partial charge is 0.504 e. The standard InChI is InChI=1S/C17H16N2O4/c1-23-12-4-2-3-11(15(12)20)8-18-19-16(21)13-9-5-6-10(7-9)14(13)17(19)22/h2-6,8-10,13-14,20H,7H2,1H3. The molecule has 1 aliphatic heterocycles. The minimum Gasteiger partial charge on any atom is -0.504 e. The maximum absolute atomic E-state index is 12.5. The fourth-order valence-electron chi connectivity index (χ4n) is 3.93. The first kappa shape index (κ1) is 14.0. The monoisotopic (exact) mass is 312 g/mol. The Labute approximate surface area is 133 Å². The molecule has 0 aromatic heterocycles. The first-order valence-corrected chi connectivity index (χ1v) is 7.58. The fraction of sp³-hybridized carbons (Fsp3) is 0.353. The van der Waals surface area contributed by atoms with E-state index in [0.717, 1.165) is 11.4 Å². The highest BCUT2D eigenvalue weighted by atomic mass is 16.5. The molecule has 0 radical (unpaired) electrons. The summed E-state index contributed by atoms with van der Waals surface area (Å²) in [6.45, 7) is 0. The molecule has 1 saturated heterocycles. The molecule has 4 rings (SSSR count). The van der Waals surface area contributed by atoms with E-state index < -0.39 is 0 Å². The molecule has 0 spiro atoms. The van der Waals surface area contributed by atoms with Crippen LogP contribution in [0.5, 0.6) is 11.5 Å². The van der Waals surface area contributed by atoms with Crippen molar-refractivity contribution in [1.29, 1.82) is 0 Å². The van der Waals surface area contributed by atoms with Crippen molar-refractivity contribution in [3.05, 3.63) is 35.9 Å². The predicted molar refractivity (Wildman–Crippen MR) is 81.8 cm³/mol. The fourth-order valence-corrected chi connectivity index (χ4v) is 3.93. The summed E-state index contributed by atoms with van der Waals surface area (Å²) in [5, 5.41) is 15.0. The smallest absolute Gasteiger partial charge is 0.254 e. The summed E-state index contributed by atoms with van der Waals surface area (Å²) in [4.78, 5) is 25.0. The number of rotatable bonds is 3. The van der Waals surface area contributed by atoms with E-state index in [1.165, 1.54) is 13.3 Å². The Kier molecular flexibility index (Phi) is 3.01. The van der Waals surface area contributed by atoms with Crippen LogP contribution in [0, 0.1) is 23.7 Å². The molecule has 1 heterocycles. The number of para-hydroxylation sites is 1. The van der Waals surface area contributed by atoms with Gasteiger partial charge >= 0.3 is 0 Å². The van der Waals surface area contributed by atoms with Crippen LogP contribution in [-0.2, 0) is 9.59 Å². The van der Waals surface area contributed by atoms with Crippen LogP contribution in [0.25, 0.3) is 0 Å². The SMILES string of the molecule is COc1cccc(C=NN2C(=O)C3C4C=CC(C4)C3C2=O)c1O. The molecule has 1 saturated carbocycles. The summed E-state index contributed by atoms with van der Waals surface area (Å²) in [5.74, 6) is -0.459. The highest BCUT2D eigenvalue weighted by Crippen LogP contribution is 2.52. The summed E-state index contributed by atoms with van der Waals surface area (Å²) >= 11 is 0. The number of hydrogen-bond acceptors (Lipinski definition) is 5. The average Bonchev–Trinajstić information content (AvgIpc) is 3.22. The van der Waals surface area contributed by atoms with Crippen molar-refractivity contribution >= 4 is 18.0 Å². The lowest BCUT2D eigenvalue weighted by molar-refractivity contribution is -0.140. The number of amides is 2. The number of allylic oxidation sites excluding steroid dienone is 2. The number of hydrogen-bond donors (Lipinski definition) is 1. The predicted octanol–water partition coefficient (Wildman–Crippen LogP) is 1.54. The van der Waals surface area contributed by atoms with Gasteiger partial charge in [0.25, 0.3) is 11.8 Å². The minimum absolute atomic E-state index is 0.0697. The van der Waals surface area contributed by atoms with Crippen molar-refractivity contribution in [2.45, 2.75) is 6.42 Å². The van der Waals surface area contributed by atoms with E-state index in [0.29, 0.717) is 11.3 Å². The Hall–Kier alpha value is -2.63. The highest BCUT2D eigenvalue weighted by Gasteiger charge is 2.59. The van der Waals surface area contributed by atoms with E-state index >= 15 is 0 Å². The van der Waals surface area contributed by atoms with Crippen LogP contribution in [0.3, 0.4) is 0 Å². The zero-order valence-corrected chi connectivity index (χ0v) is 12.5. The van der Waals surface area contributed by atoms with E-state index in [2.05, 4.69) is 5.10 Å². The van der Waals surface area contributed by atoms with Crippen molar-refractivity contribution in [2.24, 2.45) is 28.8 Å². The maximum Gasteiger partial charge on any atom is 0.254 e. The van der Waals surface area contributed by atoms with E-state index in [-0.39, 0.29) is 41.2 Å². The summed E-state index contributed by atoms with van der Waals surface area (Å²) in [5.41, 5.74) is 0.392. The van der Waals surface area contributed by atoms with Crippen LogP contribution in [0.2, 0.25) is 0 Å². The van der Waals surface area contributed by atoms with Crippen LogP contribution < -0.4 is 4.74 Å². The van der Waals surface area contributed by atoms with Crippen LogP contribution >= 0.6 is 0 Å². The Balaban J connectivity index is 1.61. The summed E-state index contributed by atoms with van der Waals surface area (Å²) in [6, 6.07) is 4.96. The molecule has 1 aromatic rings. The minimum atomic E-state index is -0.270. The van der Waals surface area contributed by atoms with Crippen LogP contribution in [-0.4, -0.2) is 35.3 Å². The quantitative estimate of drug-likeness (QED) is 0.522. The second kappa shape index (κ2) is 4.94. The molecule has 1 N–H and O–H groups in total. The highest BCUT2D eigenvalue weighted by molar-refractivity contribution is 6.06. The summed E-state index contributed by atoms with van der Waals surface area (Å²) in [6.07, 6.45) is 6.29. The van der Waals surface area contributed by atoms with Gasteiger partial charge in [-0.2, -0.15) is 10.1 Å². The number of carbonyl (C=O) groups excluding carboxylic acids is 2. The zero-order chi connectivity index (χ0) is 16.1. The molecule has 1 aromatic carbocycles. The number of fused-ring (bicyclic) bond motifs is 5. The molecule has 4 atom stereocenters. The summed E-state index contributed by atoms with van der Waals surface area (Å²) < 4.78 is 5.03. The normalized spacial score (nSPS) is 31.4. The molecule has 2 fully saturated rings. The third kappa shape index (κ3) is 1.91. The van der Waals surface area contributed by atoms with E-state index in [1.807, 2.05) is 12.2 Å². The first-order chi connectivity index (χ1) is 11.1. The van der Waals surface area contributed by atoms with Crippen molar-refractivity contribution < 1.29 is 19.4 Å². The molecular weight excluding hydrogens is 296 g/mol. The number of carbonyl (C=O) groups is 2. The van der Waals surface area contributed by atoms with Gasteiger partial charge in [0.15, 0.2) is 11.5 Å². The molecule has 4 unspecified atom stereocenters. The lowest BCUT2D eigenvalue weighted by atomic mass is 9.85. The van der Waals surface area contributed by atoms with Gasteiger partial charge in [-0.3, -0.25) is 9.59 Å². The van der Waals surface area contributed by atoms with Gasteiger partial charge in [-0.25, -0.2) is 0 Å². The molecule has 3 aliphatic rings. The molecule has 6 heteroatoms. The number of phenolic OH excluding ortho intramolecular Hbond substituents is 1. The van der Waals surface area contributed by atoms with Gasteiger partial charge < -0.3 is 9.84 Å². The maximum atomic E-state index is 12.5. The third-order valence-corrected chi connectivity index (χ3v) is 5.01. The van der Waals surface area contributed by atoms with Gasteiger partial charge in [-0.15, -0.1) is 0 Å². The molecular formula is C17H16N2O4. The Morgan fingerprint density at radius 1 is 1.22 bits per heavy atom. The number of phenols is 1. The van der Waals surface area contributed by atoms with Crippen molar-refractivity contribution in [2.75, 3.05) is 7.11 Å². The lowest BCUT2D eigenvalue weighted by Gasteiger charge is -2.13. The molecule has 6 nitrogen and oxygen atoms in total. The number of nitrogens with zero attached hydrogens (tertiary/aromatic N) is 2. The molecule has 118 valence electrons. The topological polar surface area (TPSA) is 79.2 Å². The molecule has 2 amide bonds. The van der Waals surface area contributed by atoms with Gasteiger partial charge in [0.05, 0.1) is 25.2 Å². The first-order valence-electron chi connectivity index (χ1n) is 7.58. The number of benzene rings is 1. The van der Waals surface area contributed by atoms with Gasteiger partial charge in [-0.1, -0.05) is 18.2 Å². The molecule has 2 aliphatic carbocycles. The van der Waals surface area contributed by atoms with Crippen LogP contribution in [0.15, 0.2) is 35.5 Å². The van der Waals surface area contributed by atoms with E-state index in [9.17, 15) is 14.7 Å². The number of imide groups is 1. The van der Waals surface area contributed by atoms with Crippen LogP contribution in [0.4, 0.5) is 0 Å². The van der Waals surface area contributed by atoms with Crippen molar-refractivity contribution in [3.8, 4) is 11.5 Å². The Morgan fingerprint density at radius 2 is 1.87 bits per heavy atom. The number of aromatic hydroxyl groups is 1. The molecule has 2 bridgehead atoms. The Morgan fingerprint density at radius 3 is 2.48 bits per heavy atom. The van der Waals surface area contributed by atoms with E-state index in [4.69, 9.17) is 4.74 Å². The molecule has 23 heavy (non-hydrogen) atoms. The van der Waals surface area contributed by atoms with Gasteiger partial charge in [0, 0.05) is 5.56 Å². The second-order valence-corrected chi connectivity index (χ2v) is 6.13.